The first kappa shape index (κ1) is 19.9. The lowest BCUT2D eigenvalue weighted by Gasteiger charge is -2.46. The quantitative estimate of drug-likeness (QED) is 0.751. The van der Waals surface area contributed by atoms with Crippen LogP contribution in [-0.4, -0.2) is 22.8 Å². The molecule has 1 aromatic heterocycles. The molecule has 0 radical (unpaired) electrons. The van der Waals surface area contributed by atoms with Crippen molar-refractivity contribution < 1.29 is 13.9 Å². The maximum absolute atomic E-state index is 14.6. The lowest BCUT2D eigenvalue weighted by Crippen LogP contribution is -2.61. The number of anilines is 1. The minimum absolute atomic E-state index is 0.156. The Morgan fingerprint density at radius 3 is 2.75 bits per heavy atom. The van der Waals surface area contributed by atoms with Crippen LogP contribution >= 0.6 is 0 Å². The number of nitrogens with one attached hydrogen (secondary N) is 2. The van der Waals surface area contributed by atoms with Gasteiger partial charge in [0.05, 0.1) is 11.2 Å². The van der Waals surface area contributed by atoms with Gasteiger partial charge in [-0.05, 0) is 57.5 Å². The molecule has 2 aromatic rings. The third-order valence-electron chi connectivity index (χ3n) is 4.63. The van der Waals surface area contributed by atoms with Gasteiger partial charge in [0.1, 0.15) is 17.6 Å². The van der Waals surface area contributed by atoms with Crippen LogP contribution in [0, 0.1) is 17.1 Å². The van der Waals surface area contributed by atoms with Crippen molar-refractivity contribution in [2.45, 2.75) is 44.7 Å². The summed E-state index contributed by atoms with van der Waals surface area (Å²) in [6.07, 6.45) is 1.06. The average molecular weight is 383 g/mol. The number of hydrogen-bond donors (Lipinski definition) is 3. The fourth-order valence-electron chi connectivity index (χ4n) is 3.62. The third-order valence-corrected chi connectivity index (χ3v) is 4.63. The van der Waals surface area contributed by atoms with Crippen LogP contribution in [0.2, 0.25) is 0 Å². The van der Waals surface area contributed by atoms with E-state index in [4.69, 9.17) is 15.7 Å². The van der Waals surface area contributed by atoms with Gasteiger partial charge in [0.2, 0.25) is 0 Å². The van der Waals surface area contributed by atoms with Gasteiger partial charge in [0.15, 0.2) is 6.35 Å². The predicted octanol–water partition coefficient (Wildman–Crippen LogP) is 2.59. The van der Waals surface area contributed by atoms with Gasteiger partial charge in [-0.15, -0.1) is 0 Å². The van der Waals surface area contributed by atoms with E-state index in [1.165, 1.54) is 30.5 Å². The van der Waals surface area contributed by atoms with Crippen LogP contribution in [0.4, 0.5) is 10.1 Å². The second-order valence-electron chi connectivity index (χ2n) is 7.64. The molecule has 1 aliphatic rings. The molecule has 1 aromatic carbocycles. The Labute approximate surface area is 162 Å². The van der Waals surface area contributed by atoms with E-state index in [0.717, 1.165) is 0 Å². The van der Waals surface area contributed by atoms with E-state index in [-0.39, 0.29) is 5.69 Å². The summed E-state index contributed by atoms with van der Waals surface area (Å²) < 4.78 is 20.3. The molecule has 7 nitrogen and oxygen atoms in total. The molecule has 1 amide bonds. The molecule has 8 heteroatoms. The minimum atomic E-state index is -0.779. The number of halogens is 1. The van der Waals surface area contributed by atoms with Crippen LogP contribution in [0.5, 0.6) is 0 Å². The SMILES string of the molecule is CC1(C)C[C@@](C)(c2cc(NC(=O)c3ccc(C#N)cn3)ccc2F)NC(N)O1. The van der Waals surface area contributed by atoms with Gasteiger partial charge in [-0.25, -0.2) is 9.37 Å². The summed E-state index contributed by atoms with van der Waals surface area (Å²) in [4.78, 5) is 16.4. The van der Waals surface area contributed by atoms with Crippen LogP contribution in [0.25, 0.3) is 0 Å². The summed E-state index contributed by atoms with van der Waals surface area (Å²) >= 11 is 0. The topological polar surface area (TPSA) is 113 Å². The molecule has 1 unspecified atom stereocenters. The molecular formula is C20H22FN5O2. The van der Waals surface area contributed by atoms with Gasteiger partial charge in [-0.1, -0.05) is 0 Å². The zero-order chi connectivity index (χ0) is 20.5. The third kappa shape index (κ3) is 4.17. The van der Waals surface area contributed by atoms with Crippen LogP contribution < -0.4 is 16.4 Å². The number of nitrogens with zero attached hydrogens (tertiary/aromatic N) is 2. The molecule has 0 spiro atoms. The van der Waals surface area contributed by atoms with Crippen molar-refractivity contribution in [1.82, 2.24) is 10.3 Å². The number of ether oxygens (including phenoxy) is 1. The monoisotopic (exact) mass is 383 g/mol. The number of rotatable bonds is 3. The van der Waals surface area contributed by atoms with Gasteiger partial charge in [-0.2, -0.15) is 5.26 Å². The van der Waals surface area contributed by atoms with E-state index in [1.807, 2.05) is 26.8 Å². The van der Waals surface area contributed by atoms with Gasteiger partial charge in [0, 0.05) is 23.0 Å². The van der Waals surface area contributed by atoms with E-state index in [0.29, 0.717) is 23.2 Å². The largest absolute Gasteiger partial charge is 0.344 e. The van der Waals surface area contributed by atoms with Gasteiger partial charge in [0.25, 0.3) is 5.91 Å². The van der Waals surface area contributed by atoms with Gasteiger partial charge in [-0.3, -0.25) is 15.8 Å². The molecule has 0 saturated carbocycles. The Balaban J connectivity index is 1.87. The Morgan fingerprint density at radius 2 is 2.14 bits per heavy atom. The first-order valence-electron chi connectivity index (χ1n) is 8.80. The fourth-order valence-corrected chi connectivity index (χ4v) is 3.62. The fraction of sp³-hybridized carbons (Fsp3) is 0.350. The van der Waals surface area contributed by atoms with Crippen molar-refractivity contribution in [1.29, 1.82) is 5.26 Å². The Hall–Kier alpha value is -2.86. The average Bonchev–Trinajstić information content (AvgIpc) is 2.61. The molecule has 3 rings (SSSR count). The number of hydrogen-bond acceptors (Lipinski definition) is 6. The number of carbonyl (C=O) groups is 1. The molecule has 146 valence electrons. The van der Waals surface area contributed by atoms with Gasteiger partial charge < -0.3 is 10.1 Å². The van der Waals surface area contributed by atoms with Crippen molar-refractivity contribution in [3.8, 4) is 6.07 Å². The van der Waals surface area contributed by atoms with E-state index in [1.54, 1.807) is 6.07 Å². The number of nitriles is 1. The first-order chi connectivity index (χ1) is 13.1. The summed E-state index contributed by atoms with van der Waals surface area (Å²) in [6, 6.07) is 9.28. The summed E-state index contributed by atoms with van der Waals surface area (Å²) in [5.41, 5.74) is 5.93. The lowest BCUT2D eigenvalue weighted by atomic mass is 9.80. The number of aromatic nitrogens is 1. The molecule has 0 aliphatic carbocycles. The maximum atomic E-state index is 14.6. The Morgan fingerprint density at radius 1 is 1.39 bits per heavy atom. The highest BCUT2D eigenvalue weighted by atomic mass is 19.1. The van der Waals surface area contributed by atoms with Crippen LogP contribution in [-0.2, 0) is 10.3 Å². The number of amides is 1. The molecule has 1 fully saturated rings. The molecule has 2 atom stereocenters. The molecule has 1 aliphatic heterocycles. The molecular weight excluding hydrogens is 361 g/mol. The molecule has 28 heavy (non-hydrogen) atoms. The Kier molecular flexibility index (Phi) is 5.17. The van der Waals surface area contributed by atoms with E-state index >= 15 is 0 Å². The molecule has 2 heterocycles. The zero-order valence-corrected chi connectivity index (χ0v) is 15.9. The minimum Gasteiger partial charge on any atom is -0.344 e. The molecule has 4 N–H and O–H groups in total. The van der Waals surface area contributed by atoms with Crippen molar-refractivity contribution in [3.63, 3.8) is 0 Å². The highest BCUT2D eigenvalue weighted by Crippen LogP contribution is 2.38. The van der Waals surface area contributed by atoms with E-state index in [2.05, 4.69) is 15.6 Å². The summed E-state index contributed by atoms with van der Waals surface area (Å²) in [5, 5.41) is 14.6. The van der Waals surface area contributed by atoms with Gasteiger partial charge >= 0.3 is 0 Å². The second-order valence-corrected chi connectivity index (χ2v) is 7.64. The van der Waals surface area contributed by atoms with Crippen LogP contribution in [0.15, 0.2) is 36.5 Å². The highest BCUT2D eigenvalue weighted by Gasteiger charge is 2.43. The van der Waals surface area contributed by atoms with Crippen molar-refractivity contribution >= 4 is 11.6 Å². The molecule has 1 saturated heterocycles. The summed E-state index contributed by atoms with van der Waals surface area (Å²) in [6.45, 7) is 5.64. The summed E-state index contributed by atoms with van der Waals surface area (Å²) in [5.74, 6) is -0.862. The van der Waals surface area contributed by atoms with Crippen LogP contribution in [0.3, 0.4) is 0 Å². The standard InChI is InChI=1S/C20H22FN5O2/c1-19(2)11-20(3,26-18(23)28-19)14-8-13(5-6-15(14)21)25-17(27)16-7-4-12(9-22)10-24-16/h4-8,10,18,26H,11,23H2,1-3H3,(H,25,27)/t18?,20-/m0/s1. The van der Waals surface area contributed by atoms with E-state index < -0.39 is 29.2 Å². The number of nitrogens with two attached hydrogens (primary N) is 1. The normalized spacial score (nSPS) is 23.6. The van der Waals surface area contributed by atoms with Crippen molar-refractivity contribution in [2.24, 2.45) is 5.73 Å². The van der Waals surface area contributed by atoms with Crippen molar-refractivity contribution in [3.05, 3.63) is 59.2 Å². The van der Waals surface area contributed by atoms with Crippen molar-refractivity contribution in [2.75, 3.05) is 5.32 Å². The van der Waals surface area contributed by atoms with E-state index in [9.17, 15) is 9.18 Å². The highest BCUT2D eigenvalue weighted by molar-refractivity contribution is 6.02. The predicted molar refractivity (Wildman–Crippen MR) is 102 cm³/mol. The summed E-state index contributed by atoms with van der Waals surface area (Å²) in [7, 11) is 0. The number of benzene rings is 1. The zero-order valence-electron chi connectivity index (χ0n) is 15.9. The number of carbonyl (C=O) groups excluding carboxylic acids is 1. The lowest BCUT2D eigenvalue weighted by molar-refractivity contribution is -0.148. The second kappa shape index (κ2) is 7.28. The maximum Gasteiger partial charge on any atom is 0.274 e. The Bertz CT molecular complexity index is 939. The molecule has 0 bridgehead atoms. The first-order valence-corrected chi connectivity index (χ1v) is 8.80. The number of pyridine rings is 1. The van der Waals surface area contributed by atoms with Crippen LogP contribution in [0.1, 0.15) is 48.8 Å². The smallest absolute Gasteiger partial charge is 0.274 e.